The van der Waals surface area contributed by atoms with Gasteiger partial charge in [0.2, 0.25) is 11.6 Å². The molecule has 3 N–H and O–H groups in total. The number of aromatic nitrogens is 5. The molecule has 0 saturated heterocycles. The van der Waals surface area contributed by atoms with E-state index in [1.807, 2.05) is 18.2 Å². The first-order chi connectivity index (χ1) is 19.5. The summed E-state index contributed by atoms with van der Waals surface area (Å²) in [6.07, 6.45) is 1.44. The number of methoxy groups -OCH3 is 1. The summed E-state index contributed by atoms with van der Waals surface area (Å²) in [7, 11) is 1.51. The van der Waals surface area contributed by atoms with Gasteiger partial charge in [-0.25, -0.2) is 10.1 Å². The van der Waals surface area contributed by atoms with E-state index in [1.165, 1.54) is 13.3 Å². The summed E-state index contributed by atoms with van der Waals surface area (Å²) < 4.78 is 17.1. The molecule has 0 spiro atoms. The number of nitrogens with one attached hydrogen (secondary N) is 1. The van der Waals surface area contributed by atoms with Crippen LogP contribution in [-0.4, -0.2) is 44.5 Å². The molecule has 0 aliphatic carbocycles. The second-order valence-electron chi connectivity index (χ2n) is 8.14. The maximum absolute atomic E-state index is 13.3. The molecule has 0 bridgehead atoms. The van der Waals surface area contributed by atoms with E-state index in [1.54, 1.807) is 48.5 Å². The molecule has 0 radical (unpaired) electrons. The van der Waals surface area contributed by atoms with Crippen molar-refractivity contribution in [3.63, 3.8) is 0 Å². The Morgan fingerprint density at radius 2 is 1.85 bits per heavy atom. The maximum Gasteiger partial charge on any atom is 0.292 e. The van der Waals surface area contributed by atoms with Gasteiger partial charge in [-0.2, -0.15) is 9.78 Å². The standard InChI is InChI=1S/C26H20Cl2N8O4/c1-38-21-12-15(10-11-20(21)39-14-17-18(27)8-5-9-19(17)28)13-30-32-26(37)23-22(16-6-3-2-4-7-16)31-35-36(23)25-24(29)33-40-34-25/h2-13H,14H2,1H3,(H2,29,33)(H,32,37)/b30-13+. The second kappa shape index (κ2) is 11.8. The lowest BCUT2D eigenvalue weighted by Gasteiger charge is -2.13. The Morgan fingerprint density at radius 3 is 2.55 bits per heavy atom. The Labute approximate surface area is 237 Å². The topological polar surface area (TPSA) is 156 Å². The predicted molar refractivity (Wildman–Crippen MR) is 148 cm³/mol. The minimum absolute atomic E-state index is 0.0159. The monoisotopic (exact) mass is 578 g/mol. The van der Waals surface area contributed by atoms with Crippen LogP contribution in [0.4, 0.5) is 5.82 Å². The van der Waals surface area contributed by atoms with Crippen molar-refractivity contribution in [1.82, 2.24) is 30.7 Å². The molecule has 3 aromatic carbocycles. The highest BCUT2D eigenvalue weighted by atomic mass is 35.5. The first-order valence-corrected chi connectivity index (χ1v) is 12.4. The Hall–Kier alpha value is -4.94. The Morgan fingerprint density at radius 1 is 1.07 bits per heavy atom. The van der Waals surface area contributed by atoms with Gasteiger partial charge < -0.3 is 15.2 Å². The average molecular weight is 579 g/mol. The summed E-state index contributed by atoms with van der Waals surface area (Å²) in [5.74, 6) is 0.253. The normalized spacial score (nSPS) is 11.1. The van der Waals surface area contributed by atoms with Gasteiger partial charge in [-0.15, -0.1) is 5.10 Å². The number of halogens is 2. The number of nitrogens with zero attached hydrogens (tertiary/aromatic N) is 6. The number of carbonyl (C=O) groups excluding carboxylic acids is 1. The molecule has 40 heavy (non-hydrogen) atoms. The summed E-state index contributed by atoms with van der Waals surface area (Å²) in [5, 5.41) is 20.5. The molecule has 0 saturated carbocycles. The highest BCUT2D eigenvalue weighted by Gasteiger charge is 2.25. The number of carbonyl (C=O) groups is 1. The van der Waals surface area contributed by atoms with Crippen molar-refractivity contribution in [2.24, 2.45) is 5.10 Å². The lowest BCUT2D eigenvalue weighted by molar-refractivity contribution is 0.0947. The number of benzene rings is 3. The van der Waals surface area contributed by atoms with Gasteiger partial charge in [-0.3, -0.25) is 4.79 Å². The van der Waals surface area contributed by atoms with Gasteiger partial charge in [-0.1, -0.05) is 64.8 Å². The molecular weight excluding hydrogens is 559 g/mol. The number of nitrogens with two attached hydrogens (primary N) is 1. The Bertz CT molecular complexity index is 1670. The van der Waals surface area contributed by atoms with Crippen molar-refractivity contribution < 1.29 is 18.9 Å². The van der Waals surface area contributed by atoms with Crippen LogP contribution in [0, 0.1) is 0 Å². The van der Waals surface area contributed by atoms with Gasteiger partial charge in [0, 0.05) is 21.2 Å². The fourth-order valence-electron chi connectivity index (χ4n) is 3.68. The number of amides is 1. The SMILES string of the molecule is COc1cc(/C=N/NC(=O)c2c(-c3ccccc3)nnn2-c2nonc2N)ccc1OCc1c(Cl)cccc1Cl. The van der Waals surface area contributed by atoms with Crippen LogP contribution in [0.2, 0.25) is 10.0 Å². The molecule has 0 unspecified atom stereocenters. The molecule has 5 aromatic rings. The minimum atomic E-state index is -0.619. The number of hydrogen-bond acceptors (Lipinski definition) is 10. The van der Waals surface area contributed by atoms with Crippen molar-refractivity contribution in [2.75, 3.05) is 12.8 Å². The maximum atomic E-state index is 13.3. The zero-order valence-electron chi connectivity index (χ0n) is 20.8. The van der Waals surface area contributed by atoms with Gasteiger partial charge in [0.15, 0.2) is 17.2 Å². The zero-order valence-corrected chi connectivity index (χ0v) is 22.3. The van der Waals surface area contributed by atoms with Gasteiger partial charge in [0.05, 0.1) is 13.3 Å². The van der Waals surface area contributed by atoms with Gasteiger partial charge in [0.25, 0.3) is 5.91 Å². The van der Waals surface area contributed by atoms with Crippen molar-refractivity contribution >= 4 is 41.1 Å². The third-order valence-electron chi connectivity index (χ3n) is 5.63. The summed E-state index contributed by atoms with van der Waals surface area (Å²) in [6.45, 7) is 0.148. The number of nitrogen functional groups attached to an aromatic ring is 1. The first kappa shape index (κ1) is 26.7. The molecule has 5 rings (SSSR count). The van der Waals surface area contributed by atoms with E-state index in [-0.39, 0.29) is 29.6 Å². The van der Waals surface area contributed by atoms with Gasteiger partial charge in [0.1, 0.15) is 12.3 Å². The molecule has 0 aliphatic rings. The smallest absolute Gasteiger partial charge is 0.292 e. The van der Waals surface area contributed by atoms with Crippen LogP contribution in [-0.2, 0) is 6.61 Å². The number of rotatable bonds is 9. The fourth-order valence-corrected chi connectivity index (χ4v) is 4.19. The van der Waals surface area contributed by atoms with E-state index >= 15 is 0 Å². The van der Waals surface area contributed by atoms with Crippen LogP contribution in [0.1, 0.15) is 21.6 Å². The summed E-state index contributed by atoms with van der Waals surface area (Å²) >= 11 is 12.5. The summed E-state index contributed by atoms with van der Waals surface area (Å²) in [6, 6.07) is 19.4. The summed E-state index contributed by atoms with van der Waals surface area (Å²) in [4.78, 5) is 13.3. The first-order valence-electron chi connectivity index (χ1n) is 11.6. The van der Waals surface area contributed by atoms with Crippen LogP contribution in [0.15, 0.2) is 76.5 Å². The van der Waals surface area contributed by atoms with E-state index in [0.29, 0.717) is 38.2 Å². The highest BCUT2D eigenvalue weighted by molar-refractivity contribution is 6.35. The van der Waals surface area contributed by atoms with E-state index in [4.69, 9.17) is 38.4 Å². The van der Waals surface area contributed by atoms with Crippen LogP contribution in [0.5, 0.6) is 11.5 Å². The third kappa shape index (κ3) is 5.58. The van der Waals surface area contributed by atoms with Crippen LogP contribution < -0.4 is 20.6 Å². The largest absolute Gasteiger partial charge is 0.493 e. The van der Waals surface area contributed by atoms with Gasteiger partial charge in [-0.05, 0) is 46.2 Å². The van der Waals surface area contributed by atoms with E-state index < -0.39 is 5.91 Å². The molecule has 0 atom stereocenters. The van der Waals surface area contributed by atoms with Crippen molar-refractivity contribution in [1.29, 1.82) is 0 Å². The van der Waals surface area contributed by atoms with Crippen LogP contribution in [0.3, 0.4) is 0 Å². The third-order valence-corrected chi connectivity index (χ3v) is 6.34. The van der Waals surface area contributed by atoms with Crippen LogP contribution >= 0.6 is 23.2 Å². The number of hydrazone groups is 1. The van der Waals surface area contributed by atoms with E-state index in [2.05, 4.69) is 35.8 Å². The van der Waals surface area contributed by atoms with Crippen molar-refractivity contribution in [2.45, 2.75) is 6.61 Å². The van der Waals surface area contributed by atoms with Crippen molar-refractivity contribution in [3.05, 3.63) is 93.6 Å². The number of ether oxygens (including phenoxy) is 2. The van der Waals surface area contributed by atoms with Crippen LogP contribution in [0.25, 0.3) is 17.1 Å². The molecule has 202 valence electrons. The Balaban J connectivity index is 1.35. The fraction of sp³-hybridized carbons (Fsp3) is 0.0769. The van der Waals surface area contributed by atoms with E-state index in [0.717, 1.165) is 4.68 Å². The lowest BCUT2D eigenvalue weighted by Crippen LogP contribution is -2.22. The van der Waals surface area contributed by atoms with Gasteiger partial charge >= 0.3 is 0 Å². The molecule has 14 heteroatoms. The number of hydrogen-bond donors (Lipinski definition) is 2. The summed E-state index contributed by atoms with van der Waals surface area (Å²) in [5.41, 5.74) is 10.6. The quantitative estimate of drug-likeness (QED) is 0.189. The molecule has 2 aromatic heterocycles. The highest BCUT2D eigenvalue weighted by Crippen LogP contribution is 2.31. The molecule has 0 aliphatic heterocycles. The minimum Gasteiger partial charge on any atom is -0.493 e. The Kier molecular flexibility index (Phi) is 7.89. The van der Waals surface area contributed by atoms with Crippen molar-refractivity contribution in [3.8, 4) is 28.6 Å². The molecule has 12 nitrogen and oxygen atoms in total. The lowest BCUT2D eigenvalue weighted by atomic mass is 10.1. The number of anilines is 1. The molecule has 2 heterocycles. The second-order valence-corrected chi connectivity index (χ2v) is 8.95. The average Bonchev–Trinajstić information content (AvgIpc) is 3.59. The van der Waals surface area contributed by atoms with E-state index in [9.17, 15) is 4.79 Å². The molecule has 1 amide bonds. The molecular formula is C26H20Cl2N8O4. The molecule has 0 fully saturated rings. The zero-order chi connectivity index (χ0) is 28.1. The predicted octanol–water partition coefficient (Wildman–Crippen LogP) is 4.56.